The summed E-state index contributed by atoms with van der Waals surface area (Å²) in [6.07, 6.45) is -3.31. The molecule has 0 aliphatic heterocycles. The van der Waals surface area contributed by atoms with Crippen LogP contribution in [0.25, 0.3) is 0 Å². The lowest BCUT2D eigenvalue weighted by Gasteiger charge is -2.14. The Hall–Kier alpha value is -0.160. The highest BCUT2D eigenvalue weighted by Gasteiger charge is 2.16. The molecule has 0 aliphatic carbocycles. The predicted octanol–water partition coefficient (Wildman–Crippen LogP) is -1.76. The molecule has 4 heteroatoms. The molecule has 0 spiro atoms. The van der Waals surface area contributed by atoms with Gasteiger partial charge in [-0.3, -0.25) is 0 Å². The molecule has 4 nitrogen and oxygen atoms in total. The molecular weight excluding hydrogens is 112 g/mol. The molecule has 0 heterocycles. The number of hydrogen-bond acceptors (Lipinski definition) is 4. The van der Waals surface area contributed by atoms with Crippen molar-refractivity contribution in [2.24, 2.45) is 5.92 Å². The van der Waals surface area contributed by atoms with Crippen LogP contribution in [0.3, 0.4) is 0 Å². The Bertz CT molecular complexity index is 53.1. The van der Waals surface area contributed by atoms with E-state index in [0.717, 1.165) is 0 Å². The minimum Gasteiger partial charge on any atom is -0.368 e. The summed E-state index contributed by atoms with van der Waals surface area (Å²) in [5.74, 6) is -0.907. The van der Waals surface area contributed by atoms with Crippen molar-refractivity contribution in [3.63, 3.8) is 0 Å². The van der Waals surface area contributed by atoms with Gasteiger partial charge < -0.3 is 20.4 Å². The van der Waals surface area contributed by atoms with Gasteiger partial charge >= 0.3 is 0 Å². The van der Waals surface area contributed by atoms with E-state index in [1.54, 1.807) is 0 Å². The summed E-state index contributed by atoms with van der Waals surface area (Å²) in [7, 11) is 0. The largest absolute Gasteiger partial charge is 0.368 e. The first-order chi connectivity index (χ1) is 3.55. The van der Waals surface area contributed by atoms with E-state index < -0.39 is 18.5 Å². The quantitative estimate of drug-likeness (QED) is 0.327. The van der Waals surface area contributed by atoms with Crippen molar-refractivity contribution in [1.29, 1.82) is 0 Å². The summed E-state index contributed by atoms with van der Waals surface area (Å²) in [6, 6.07) is 0. The Morgan fingerprint density at radius 1 is 0.875 bits per heavy atom. The van der Waals surface area contributed by atoms with Crippen molar-refractivity contribution < 1.29 is 20.4 Å². The van der Waals surface area contributed by atoms with Crippen LogP contribution < -0.4 is 0 Å². The summed E-state index contributed by atoms with van der Waals surface area (Å²) in [5.41, 5.74) is 0. The van der Waals surface area contributed by atoms with Crippen molar-refractivity contribution in [2.45, 2.75) is 19.5 Å². The van der Waals surface area contributed by atoms with Crippen LogP contribution in [-0.4, -0.2) is 33.0 Å². The van der Waals surface area contributed by atoms with Crippen molar-refractivity contribution >= 4 is 0 Å². The van der Waals surface area contributed by atoms with Gasteiger partial charge in [0.25, 0.3) is 0 Å². The van der Waals surface area contributed by atoms with Crippen molar-refractivity contribution in [2.75, 3.05) is 0 Å². The minimum absolute atomic E-state index is 0.907. The van der Waals surface area contributed by atoms with Gasteiger partial charge in [0.05, 0.1) is 5.92 Å². The number of aliphatic hydroxyl groups excluding tert-OH is 2. The fourth-order valence-electron chi connectivity index (χ4n) is 0.154. The van der Waals surface area contributed by atoms with Gasteiger partial charge in [0.2, 0.25) is 0 Å². The summed E-state index contributed by atoms with van der Waals surface area (Å²) in [5, 5.41) is 32.9. The standard InChI is InChI=1S/C4H10O4/c1-2(3(5)6)4(7)8/h2-8H,1H3. The van der Waals surface area contributed by atoms with E-state index in [1.807, 2.05) is 0 Å². The van der Waals surface area contributed by atoms with E-state index in [4.69, 9.17) is 20.4 Å². The Labute approximate surface area is 47.0 Å². The second kappa shape index (κ2) is 2.99. The molecule has 0 aliphatic rings. The van der Waals surface area contributed by atoms with Crippen LogP contribution in [0.15, 0.2) is 0 Å². The minimum atomic E-state index is -1.66. The van der Waals surface area contributed by atoms with Crippen LogP contribution in [-0.2, 0) is 0 Å². The van der Waals surface area contributed by atoms with E-state index in [9.17, 15) is 0 Å². The molecule has 0 saturated carbocycles. The molecule has 0 aromatic heterocycles. The van der Waals surface area contributed by atoms with Gasteiger partial charge in [-0.05, 0) is 0 Å². The Morgan fingerprint density at radius 2 is 1.12 bits per heavy atom. The fourth-order valence-corrected chi connectivity index (χ4v) is 0.154. The first-order valence-corrected chi connectivity index (χ1v) is 2.28. The Morgan fingerprint density at radius 3 is 1.12 bits per heavy atom. The van der Waals surface area contributed by atoms with Crippen LogP contribution in [0.1, 0.15) is 6.92 Å². The first kappa shape index (κ1) is 7.84. The third-order valence-electron chi connectivity index (χ3n) is 0.941. The van der Waals surface area contributed by atoms with Gasteiger partial charge in [-0.25, -0.2) is 0 Å². The average Bonchev–Trinajstić information content (AvgIpc) is 1.64. The van der Waals surface area contributed by atoms with E-state index in [1.165, 1.54) is 6.92 Å². The second-order valence-electron chi connectivity index (χ2n) is 1.69. The third kappa shape index (κ3) is 2.23. The monoisotopic (exact) mass is 122 g/mol. The number of rotatable bonds is 2. The number of aliphatic hydroxyl groups is 4. The van der Waals surface area contributed by atoms with E-state index in [-0.39, 0.29) is 0 Å². The highest BCUT2D eigenvalue weighted by atomic mass is 16.5. The van der Waals surface area contributed by atoms with Crippen molar-refractivity contribution in [3.05, 3.63) is 0 Å². The molecule has 0 bridgehead atoms. The highest BCUT2D eigenvalue weighted by Crippen LogP contribution is 2.02. The predicted molar refractivity (Wildman–Crippen MR) is 25.6 cm³/mol. The molecule has 4 N–H and O–H groups in total. The fraction of sp³-hybridized carbons (Fsp3) is 1.00. The van der Waals surface area contributed by atoms with Gasteiger partial charge in [-0.1, -0.05) is 6.92 Å². The first-order valence-electron chi connectivity index (χ1n) is 2.28. The molecule has 50 valence electrons. The zero-order chi connectivity index (χ0) is 6.73. The molecule has 0 radical (unpaired) electrons. The van der Waals surface area contributed by atoms with Crippen molar-refractivity contribution in [1.82, 2.24) is 0 Å². The van der Waals surface area contributed by atoms with Crippen molar-refractivity contribution in [3.8, 4) is 0 Å². The van der Waals surface area contributed by atoms with E-state index in [2.05, 4.69) is 0 Å². The van der Waals surface area contributed by atoms with Gasteiger partial charge in [0.15, 0.2) is 12.6 Å². The Kier molecular flexibility index (Phi) is 2.93. The smallest absolute Gasteiger partial charge is 0.158 e. The normalized spacial score (nSPS) is 12.0. The third-order valence-corrected chi connectivity index (χ3v) is 0.941. The molecule has 0 rings (SSSR count). The highest BCUT2D eigenvalue weighted by molar-refractivity contribution is 4.53. The maximum absolute atomic E-state index is 8.23. The van der Waals surface area contributed by atoms with Crippen LogP contribution in [0, 0.1) is 5.92 Å². The van der Waals surface area contributed by atoms with Gasteiger partial charge in [-0.15, -0.1) is 0 Å². The maximum Gasteiger partial charge on any atom is 0.158 e. The molecule has 0 fully saturated rings. The zero-order valence-electron chi connectivity index (χ0n) is 4.52. The van der Waals surface area contributed by atoms with Crippen LogP contribution in [0.5, 0.6) is 0 Å². The summed E-state index contributed by atoms with van der Waals surface area (Å²) in [6.45, 7) is 1.31. The topological polar surface area (TPSA) is 80.9 Å². The SMILES string of the molecule is CC(C(O)O)C(O)O. The van der Waals surface area contributed by atoms with Gasteiger partial charge in [-0.2, -0.15) is 0 Å². The molecule has 0 saturated heterocycles. The van der Waals surface area contributed by atoms with E-state index >= 15 is 0 Å². The lowest BCUT2D eigenvalue weighted by molar-refractivity contribution is -0.171. The number of hydrogen-bond donors (Lipinski definition) is 4. The second-order valence-corrected chi connectivity index (χ2v) is 1.69. The molecular formula is C4H10O4. The average molecular weight is 122 g/mol. The lowest BCUT2D eigenvalue weighted by atomic mass is 10.2. The molecule has 0 unspecified atom stereocenters. The molecule has 0 atom stereocenters. The molecule has 0 aromatic rings. The van der Waals surface area contributed by atoms with E-state index in [0.29, 0.717) is 0 Å². The van der Waals surface area contributed by atoms with Crippen LogP contribution in [0.2, 0.25) is 0 Å². The lowest BCUT2D eigenvalue weighted by Crippen LogP contribution is -2.28. The summed E-state index contributed by atoms with van der Waals surface area (Å²) in [4.78, 5) is 0. The van der Waals surface area contributed by atoms with Crippen LogP contribution >= 0.6 is 0 Å². The summed E-state index contributed by atoms with van der Waals surface area (Å²) < 4.78 is 0. The van der Waals surface area contributed by atoms with Gasteiger partial charge in [0, 0.05) is 0 Å². The maximum atomic E-state index is 8.23. The van der Waals surface area contributed by atoms with Gasteiger partial charge in [0.1, 0.15) is 0 Å². The molecule has 8 heavy (non-hydrogen) atoms. The summed E-state index contributed by atoms with van der Waals surface area (Å²) >= 11 is 0. The van der Waals surface area contributed by atoms with Crippen LogP contribution in [0.4, 0.5) is 0 Å². The Balaban J connectivity index is 3.46. The molecule has 0 aromatic carbocycles. The zero-order valence-corrected chi connectivity index (χ0v) is 4.52. The molecule has 0 amide bonds.